The van der Waals surface area contributed by atoms with Crippen LogP contribution in [0.2, 0.25) is 0 Å². The summed E-state index contributed by atoms with van der Waals surface area (Å²) >= 11 is 0. The lowest BCUT2D eigenvalue weighted by atomic mass is 9.88. The van der Waals surface area contributed by atoms with Gasteiger partial charge in [0.05, 0.1) is 22.9 Å². The Balaban J connectivity index is 1.80. The Morgan fingerprint density at radius 2 is 2.04 bits per heavy atom. The normalized spacial score (nSPS) is 21.5. The maximum absolute atomic E-state index is 13.8. The van der Waals surface area contributed by atoms with E-state index >= 15 is 0 Å². The van der Waals surface area contributed by atoms with Gasteiger partial charge in [0.2, 0.25) is 0 Å². The molecule has 1 saturated heterocycles. The molecule has 2 aliphatic heterocycles. The van der Waals surface area contributed by atoms with Gasteiger partial charge in [-0.1, -0.05) is 18.2 Å². The fourth-order valence-corrected chi connectivity index (χ4v) is 4.49. The number of halogens is 3. The second kappa shape index (κ2) is 6.58. The lowest BCUT2D eigenvalue weighted by Gasteiger charge is -2.31. The van der Waals surface area contributed by atoms with Gasteiger partial charge in [-0.25, -0.2) is 0 Å². The molecule has 2 aromatic carbocycles. The quantitative estimate of drug-likeness (QED) is 0.865. The Bertz CT molecular complexity index is 914. The molecule has 0 amide bonds. The number of fused-ring (bicyclic) bond motifs is 3. The largest absolute Gasteiger partial charge is 0.418 e. The molecule has 0 aromatic heterocycles. The Kier molecular flexibility index (Phi) is 4.35. The highest BCUT2D eigenvalue weighted by Gasteiger charge is 2.44. The van der Waals surface area contributed by atoms with Crippen LogP contribution in [0.5, 0.6) is 0 Å². The van der Waals surface area contributed by atoms with Crippen LogP contribution in [0.25, 0.3) is 0 Å². The molecule has 2 aromatic rings. The zero-order valence-electron chi connectivity index (χ0n) is 15.0. The molecule has 2 heterocycles. The second-order valence-corrected chi connectivity index (χ2v) is 7.35. The third kappa shape index (κ3) is 3.17. The molecular weight excluding hydrogens is 351 g/mol. The van der Waals surface area contributed by atoms with E-state index in [-0.39, 0.29) is 12.0 Å². The summed E-state index contributed by atoms with van der Waals surface area (Å²) in [4.78, 5) is 1.82. The molecule has 2 aliphatic rings. The van der Waals surface area contributed by atoms with Crippen LogP contribution in [0.4, 0.5) is 18.9 Å². The number of hydrogen-bond acceptors (Lipinski definition) is 3. The van der Waals surface area contributed by atoms with E-state index < -0.39 is 11.7 Å². The van der Waals surface area contributed by atoms with Crippen molar-refractivity contribution >= 4 is 5.69 Å². The maximum Gasteiger partial charge on any atom is 0.418 e. The van der Waals surface area contributed by atoms with Crippen molar-refractivity contribution in [1.29, 1.82) is 5.26 Å². The van der Waals surface area contributed by atoms with Crippen molar-refractivity contribution in [3.05, 3.63) is 64.2 Å². The third-order valence-electron chi connectivity index (χ3n) is 5.66. The fraction of sp³-hybridized carbons (Fsp3) is 0.381. The minimum atomic E-state index is -4.40. The lowest BCUT2D eigenvalue weighted by Crippen LogP contribution is -2.42. The van der Waals surface area contributed by atoms with Crippen LogP contribution >= 0.6 is 0 Å². The number of benzene rings is 2. The van der Waals surface area contributed by atoms with Crippen molar-refractivity contribution in [3.8, 4) is 6.07 Å². The van der Waals surface area contributed by atoms with Crippen LogP contribution in [0.3, 0.4) is 0 Å². The first-order valence-electron chi connectivity index (χ1n) is 9.05. The van der Waals surface area contributed by atoms with Gasteiger partial charge in [0.25, 0.3) is 0 Å². The number of likely N-dealkylation sites (N-methyl/N-ethyl adjacent to an activating group) is 1. The number of nitrogens with zero attached hydrogens (tertiary/aromatic N) is 2. The first kappa shape index (κ1) is 17.9. The van der Waals surface area contributed by atoms with Gasteiger partial charge >= 0.3 is 6.18 Å². The summed E-state index contributed by atoms with van der Waals surface area (Å²) in [5.41, 5.74) is 2.55. The highest BCUT2D eigenvalue weighted by molar-refractivity contribution is 5.68. The number of hydrogen-bond donors (Lipinski definition) is 1. The topological polar surface area (TPSA) is 39.1 Å². The van der Waals surface area contributed by atoms with E-state index in [2.05, 4.69) is 11.4 Å². The van der Waals surface area contributed by atoms with Gasteiger partial charge in [-0.2, -0.15) is 18.4 Å². The van der Waals surface area contributed by atoms with E-state index in [0.717, 1.165) is 24.1 Å². The van der Waals surface area contributed by atoms with Crippen molar-refractivity contribution in [1.82, 2.24) is 5.32 Å². The summed E-state index contributed by atoms with van der Waals surface area (Å²) in [5, 5.41) is 12.4. The molecular formula is C21H20F3N3. The lowest BCUT2D eigenvalue weighted by molar-refractivity contribution is -0.137. The molecule has 1 fully saturated rings. The standard InChI is InChI=1S/C21H20F3N3/c1-27-19-5-6-26-12-17(19)16-9-15(10-18(20(16)27)21(22,23)24)8-13-3-2-4-14(7-13)11-25/h2-4,7,9-10,17,19,26H,5-6,8,12H2,1H3/t17-,19-/m0/s1. The van der Waals surface area contributed by atoms with E-state index in [1.165, 1.54) is 6.07 Å². The molecule has 0 bridgehead atoms. The van der Waals surface area contributed by atoms with Crippen molar-refractivity contribution in [2.75, 3.05) is 25.0 Å². The molecule has 6 heteroatoms. The molecule has 0 unspecified atom stereocenters. The van der Waals surface area contributed by atoms with Gasteiger partial charge in [0.1, 0.15) is 0 Å². The number of alkyl halides is 3. The molecule has 0 aliphatic carbocycles. The number of piperidine rings is 1. The van der Waals surface area contributed by atoms with Gasteiger partial charge < -0.3 is 10.2 Å². The van der Waals surface area contributed by atoms with Crippen molar-refractivity contribution in [2.45, 2.75) is 31.0 Å². The van der Waals surface area contributed by atoms with E-state index in [1.54, 1.807) is 25.2 Å². The maximum atomic E-state index is 13.8. The van der Waals surface area contributed by atoms with E-state index in [4.69, 9.17) is 5.26 Å². The van der Waals surface area contributed by atoms with E-state index in [0.29, 0.717) is 29.8 Å². The molecule has 4 rings (SSSR count). The van der Waals surface area contributed by atoms with Crippen LogP contribution in [0.1, 0.15) is 40.2 Å². The predicted molar refractivity (Wildman–Crippen MR) is 97.8 cm³/mol. The Labute approximate surface area is 156 Å². The van der Waals surface area contributed by atoms with Crippen molar-refractivity contribution < 1.29 is 13.2 Å². The zero-order chi connectivity index (χ0) is 19.2. The monoisotopic (exact) mass is 371 g/mol. The molecule has 1 N–H and O–H groups in total. The minimum absolute atomic E-state index is 0.0743. The first-order valence-corrected chi connectivity index (χ1v) is 9.05. The molecule has 0 spiro atoms. The third-order valence-corrected chi connectivity index (χ3v) is 5.66. The highest BCUT2D eigenvalue weighted by Crippen LogP contribution is 2.49. The molecule has 140 valence electrons. The molecule has 0 radical (unpaired) electrons. The smallest absolute Gasteiger partial charge is 0.370 e. The van der Waals surface area contributed by atoms with Crippen molar-refractivity contribution in [2.24, 2.45) is 0 Å². The summed E-state index contributed by atoms with van der Waals surface area (Å²) < 4.78 is 41.5. The molecule has 0 saturated carbocycles. The summed E-state index contributed by atoms with van der Waals surface area (Å²) in [5.74, 6) is 0.0743. The minimum Gasteiger partial charge on any atom is -0.370 e. The van der Waals surface area contributed by atoms with E-state index in [9.17, 15) is 13.2 Å². The Morgan fingerprint density at radius 1 is 1.22 bits per heavy atom. The van der Waals surface area contributed by atoms with Crippen LogP contribution in [0, 0.1) is 11.3 Å². The number of nitriles is 1. The van der Waals surface area contributed by atoms with Crippen LogP contribution in [0.15, 0.2) is 36.4 Å². The van der Waals surface area contributed by atoms with Crippen molar-refractivity contribution in [3.63, 3.8) is 0 Å². The summed E-state index contributed by atoms with van der Waals surface area (Å²) in [7, 11) is 1.78. The van der Waals surface area contributed by atoms with E-state index in [1.807, 2.05) is 17.0 Å². The van der Waals surface area contributed by atoms with Gasteiger partial charge in [-0.05, 0) is 54.3 Å². The Morgan fingerprint density at radius 3 is 2.78 bits per heavy atom. The highest BCUT2D eigenvalue weighted by atomic mass is 19.4. The molecule has 27 heavy (non-hydrogen) atoms. The van der Waals surface area contributed by atoms with Crippen LogP contribution < -0.4 is 10.2 Å². The van der Waals surface area contributed by atoms with Crippen LogP contribution in [-0.4, -0.2) is 26.2 Å². The van der Waals surface area contributed by atoms with Crippen LogP contribution in [-0.2, 0) is 12.6 Å². The SMILES string of the molecule is CN1c2c(cc(Cc3cccc(C#N)c3)cc2C(F)(F)F)[C@@H]2CNCC[C@@H]21. The number of rotatable bonds is 2. The van der Waals surface area contributed by atoms with Gasteiger partial charge in [-0.3, -0.25) is 0 Å². The summed E-state index contributed by atoms with van der Waals surface area (Å²) in [6, 6.07) is 12.4. The molecule has 2 atom stereocenters. The second-order valence-electron chi connectivity index (χ2n) is 7.35. The zero-order valence-corrected chi connectivity index (χ0v) is 15.0. The van der Waals surface area contributed by atoms with Gasteiger partial charge in [0, 0.05) is 25.6 Å². The average Bonchev–Trinajstić information content (AvgIpc) is 2.93. The Hall–Kier alpha value is -2.52. The first-order chi connectivity index (χ1) is 12.9. The van der Waals surface area contributed by atoms with Gasteiger partial charge in [0.15, 0.2) is 0 Å². The number of anilines is 1. The number of nitrogens with one attached hydrogen (secondary N) is 1. The predicted octanol–water partition coefficient (Wildman–Crippen LogP) is 4.06. The summed E-state index contributed by atoms with van der Waals surface area (Å²) in [6.07, 6.45) is -3.18. The molecule has 3 nitrogen and oxygen atoms in total. The average molecular weight is 371 g/mol. The fourth-order valence-electron chi connectivity index (χ4n) is 4.49. The van der Waals surface area contributed by atoms with Gasteiger partial charge in [-0.15, -0.1) is 0 Å². The summed E-state index contributed by atoms with van der Waals surface area (Å²) in [6.45, 7) is 1.53.